The van der Waals surface area contributed by atoms with E-state index in [2.05, 4.69) is 4.99 Å². The summed E-state index contributed by atoms with van der Waals surface area (Å²) in [4.78, 5) is 16.2. The van der Waals surface area contributed by atoms with Crippen LogP contribution in [0.3, 0.4) is 0 Å². The van der Waals surface area contributed by atoms with Crippen LogP contribution in [-0.2, 0) is 16.0 Å². The van der Waals surface area contributed by atoms with Gasteiger partial charge in [0.15, 0.2) is 6.04 Å². The molecule has 4 nitrogen and oxygen atoms in total. The molecule has 0 spiro atoms. The zero-order chi connectivity index (χ0) is 14.9. The van der Waals surface area contributed by atoms with E-state index in [1.165, 1.54) is 7.11 Å². The molecule has 1 N–H and O–H groups in total. The minimum absolute atomic E-state index is 0.262. The van der Waals surface area contributed by atoms with Crippen LogP contribution in [0.4, 0.5) is 0 Å². The van der Waals surface area contributed by atoms with E-state index in [0.29, 0.717) is 6.42 Å². The number of aryl methyl sites for hydroxylation is 1. The Morgan fingerprint density at radius 1 is 1.50 bits per heavy atom. The fourth-order valence-electron chi connectivity index (χ4n) is 2.23. The average molecular weight is 293 g/mol. The number of aromatic hydroxyl groups is 1. The lowest BCUT2D eigenvalue weighted by Gasteiger charge is -2.21. The second-order valence-electron chi connectivity index (χ2n) is 5.46. The molecule has 0 bridgehead atoms. The van der Waals surface area contributed by atoms with Crippen LogP contribution in [0.1, 0.15) is 25.0 Å². The van der Waals surface area contributed by atoms with E-state index >= 15 is 0 Å². The zero-order valence-electron chi connectivity index (χ0n) is 12.1. The predicted molar refractivity (Wildman–Crippen MR) is 81.5 cm³/mol. The second-order valence-corrected chi connectivity index (χ2v) is 7.19. The molecule has 0 saturated carbocycles. The number of thioether (sulfide) groups is 1. The van der Waals surface area contributed by atoms with Crippen molar-refractivity contribution in [3.63, 3.8) is 0 Å². The highest BCUT2D eigenvalue weighted by molar-refractivity contribution is 8.15. The molecule has 0 amide bonds. The number of methoxy groups -OCH3 is 1. The highest BCUT2D eigenvalue weighted by atomic mass is 32.2. The number of rotatable bonds is 3. The third-order valence-electron chi connectivity index (χ3n) is 3.31. The summed E-state index contributed by atoms with van der Waals surface area (Å²) < 4.78 is 4.48. The molecule has 0 radical (unpaired) electrons. The lowest BCUT2D eigenvalue weighted by atomic mass is 10.0. The fraction of sp³-hybridized carbons (Fsp3) is 0.467. The molecular formula is C15H19NO3S. The maximum atomic E-state index is 11.8. The molecule has 1 atom stereocenters. The van der Waals surface area contributed by atoms with Crippen molar-refractivity contribution >= 4 is 22.8 Å². The number of hydrogen-bond donors (Lipinski definition) is 1. The van der Waals surface area contributed by atoms with E-state index in [0.717, 1.165) is 16.2 Å². The largest absolute Gasteiger partial charge is 0.508 e. The lowest BCUT2D eigenvalue weighted by Crippen LogP contribution is -2.35. The minimum atomic E-state index is -0.487. The smallest absolute Gasteiger partial charge is 0.332 e. The summed E-state index contributed by atoms with van der Waals surface area (Å²) >= 11 is 1.57. The maximum absolute atomic E-state index is 11.8. The van der Waals surface area contributed by atoms with Gasteiger partial charge in [-0.1, -0.05) is 17.7 Å². The monoisotopic (exact) mass is 293 g/mol. The van der Waals surface area contributed by atoms with Crippen molar-refractivity contribution in [3.05, 3.63) is 29.3 Å². The number of carbonyl (C=O) groups excluding carboxylic acids is 1. The Morgan fingerprint density at radius 2 is 2.20 bits per heavy atom. The number of aliphatic imine (C=N–C) groups is 1. The number of phenols is 1. The van der Waals surface area contributed by atoms with Crippen LogP contribution in [0, 0.1) is 6.92 Å². The third kappa shape index (κ3) is 2.98. The molecule has 1 aromatic rings. The molecule has 2 rings (SSSR count). The summed E-state index contributed by atoms with van der Waals surface area (Å²) in [7, 11) is 1.38. The van der Waals surface area contributed by atoms with Gasteiger partial charge in [-0.05, 0) is 26.8 Å². The summed E-state index contributed by atoms with van der Waals surface area (Å²) in [6, 6.07) is 5.01. The van der Waals surface area contributed by atoms with Crippen LogP contribution in [0.15, 0.2) is 23.2 Å². The van der Waals surface area contributed by atoms with Crippen molar-refractivity contribution in [2.75, 3.05) is 7.11 Å². The van der Waals surface area contributed by atoms with Crippen LogP contribution in [0.25, 0.3) is 0 Å². The number of hydrogen-bond acceptors (Lipinski definition) is 5. The van der Waals surface area contributed by atoms with Crippen LogP contribution < -0.4 is 0 Å². The summed E-state index contributed by atoms with van der Waals surface area (Å²) in [5.41, 5.74) is 1.92. The van der Waals surface area contributed by atoms with Gasteiger partial charge >= 0.3 is 5.97 Å². The van der Waals surface area contributed by atoms with Crippen molar-refractivity contribution in [1.29, 1.82) is 0 Å². The minimum Gasteiger partial charge on any atom is -0.508 e. The molecule has 0 aliphatic carbocycles. The van der Waals surface area contributed by atoms with Gasteiger partial charge in [0.05, 0.1) is 12.2 Å². The Kier molecular flexibility index (Phi) is 4.09. The number of benzene rings is 1. The van der Waals surface area contributed by atoms with Gasteiger partial charge in [0, 0.05) is 16.7 Å². The van der Waals surface area contributed by atoms with Crippen LogP contribution in [0.2, 0.25) is 0 Å². The SMILES string of the molecule is COC(=O)[C@@H]1N=C(Cc2cc(C)ccc2O)SC1(C)C. The third-order valence-corrected chi connectivity index (χ3v) is 4.55. The summed E-state index contributed by atoms with van der Waals surface area (Å²) in [6.45, 7) is 5.94. The molecule has 20 heavy (non-hydrogen) atoms. The Morgan fingerprint density at radius 3 is 2.85 bits per heavy atom. The molecule has 0 unspecified atom stereocenters. The van der Waals surface area contributed by atoms with E-state index in [-0.39, 0.29) is 16.5 Å². The lowest BCUT2D eigenvalue weighted by molar-refractivity contribution is -0.142. The van der Waals surface area contributed by atoms with Crippen LogP contribution in [0.5, 0.6) is 5.75 Å². The first-order valence-electron chi connectivity index (χ1n) is 6.45. The molecule has 0 aromatic heterocycles. The van der Waals surface area contributed by atoms with Gasteiger partial charge in [0.2, 0.25) is 0 Å². The molecule has 1 heterocycles. The molecule has 108 valence electrons. The average Bonchev–Trinajstić information content (AvgIpc) is 2.68. The van der Waals surface area contributed by atoms with E-state index in [1.54, 1.807) is 17.8 Å². The Bertz CT molecular complexity index is 566. The van der Waals surface area contributed by atoms with E-state index in [4.69, 9.17) is 4.74 Å². The van der Waals surface area contributed by atoms with Crippen molar-refractivity contribution in [1.82, 2.24) is 0 Å². The zero-order valence-corrected chi connectivity index (χ0v) is 13.0. The van der Waals surface area contributed by atoms with Crippen molar-refractivity contribution < 1.29 is 14.6 Å². The van der Waals surface area contributed by atoms with E-state index in [1.807, 2.05) is 32.9 Å². The number of nitrogens with zero attached hydrogens (tertiary/aromatic N) is 1. The first kappa shape index (κ1) is 14.9. The number of phenolic OH excluding ortho intramolecular Hbond substituents is 1. The second kappa shape index (κ2) is 5.48. The van der Waals surface area contributed by atoms with Gasteiger partial charge < -0.3 is 9.84 Å². The Balaban J connectivity index is 2.22. The summed E-state index contributed by atoms with van der Waals surface area (Å²) in [6.07, 6.45) is 0.537. The van der Waals surface area contributed by atoms with E-state index in [9.17, 15) is 9.90 Å². The van der Waals surface area contributed by atoms with Gasteiger partial charge in [0.25, 0.3) is 0 Å². The molecule has 1 aliphatic heterocycles. The number of ether oxygens (including phenoxy) is 1. The fourth-order valence-corrected chi connectivity index (χ4v) is 3.49. The molecular weight excluding hydrogens is 274 g/mol. The highest BCUT2D eigenvalue weighted by Gasteiger charge is 2.42. The normalized spacial score (nSPS) is 20.6. The van der Waals surface area contributed by atoms with Gasteiger partial charge in [-0.3, -0.25) is 4.99 Å². The maximum Gasteiger partial charge on any atom is 0.332 e. The molecule has 5 heteroatoms. The standard InChI is InChI=1S/C15H19NO3S/c1-9-5-6-11(17)10(7-9)8-12-16-13(14(18)19-4)15(2,3)20-12/h5-7,13,17H,8H2,1-4H3/t13-/m0/s1. The molecule has 0 saturated heterocycles. The van der Waals surface area contributed by atoms with Crippen LogP contribution >= 0.6 is 11.8 Å². The van der Waals surface area contributed by atoms with Gasteiger partial charge in [-0.15, -0.1) is 11.8 Å². The Hall–Kier alpha value is -1.49. The first-order valence-corrected chi connectivity index (χ1v) is 7.27. The predicted octanol–water partition coefficient (Wildman–Crippen LogP) is 2.71. The van der Waals surface area contributed by atoms with Crippen molar-refractivity contribution in [2.24, 2.45) is 4.99 Å². The van der Waals surface area contributed by atoms with Crippen molar-refractivity contribution in [3.8, 4) is 5.75 Å². The number of esters is 1. The van der Waals surface area contributed by atoms with Crippen LogP contribution in [-0.4, -0.2) is 34.0 Å². The Labute approximate surface area is 123 Å². The summed E-state index contributed by atoms with van der Waals surface area (Å²) in [5.74, 6) is -0.0517. The van der Waals surface area contributed by atoms with Gasteiger partial charge in [0.1, 0.15) is 5.75 Å². The molecule has 0 fully saturated rings. The summed E-state index contributed by atoms with van der Waals surface area (Å²) in [5, 5.41) is 10.7. The highest BCUT2D eigenvalue weighted by Crippen LogP contribution is 2.39. The van der Waals surface area contributed by atoms with Gasteiger partial charge in [-0.2, -0.15) is 0 Å². The van der Waals surface area contributed by atoms with Gasteiger partial charge in [-0.25, -0.2) is 4.79 Å². The van der Waals surface area contributed by atoms with E-state index < -0.39 is 6.04 Å². The molecule has 1 aliphatic rings. The number of carbonyl (C=O) groups is 1. The first-order chi connectivity index (χ1) is 9.33. The molecule has 1 aromatic carbocycles. The van der Waals surface area contributed by atoms with Crippen molar-refractivity contribution in [2.45, 2.75) is 38.0 Å². The quantitative estimate of drug-likeness (QED) is 0.871. The topological polar surface area (TPSA) is 58.9 Å².